The Morgan fingerprint density at radius 2 is 1.94 bits per heavy atom. The Balaban J connectivity index is 1.56. The van der Waals surface area contributed by atoms with Crippen LogP contribution in [0.25, 0.3) is 0 Å². The molecule has 0 aliphatic carbocycles. The fourth-order valence-electron chi connectivity index (χ4n) is 4.11. The first kappa shape index (κ1) is 11.9. The lowest BCUT2D eigenvalue weighted by Crippen LogP contribution is -2.64. The maximum absolute atomic E-state index is 3.48. The van der Waals surface area contributed by atoms with Crippen molar-refractivity contribution >= 4 is 0 Å². The van der Waals surface area contributed by atoms with Gasteiger partial charge in [0.25, 0.3) is 0 Å². The zero-order valence-corrected chi connectivity index (χ0v) is 11.2. The Kier molecular flexibility index (Phi) is 3.42. The van der Waals surface area contributed by atoms with Gasteiger partial charge in [0.15, 0.2) is 0 Å². The SMILES string of the molecule is CCN1CC2(CCCN(C3CCNCC3)C2)C1. The highest BCUT2D eigenvalue weighted by molar-refractivity contribution is 5.00. The second-order valence-electron chi connectivity index (χ2n) is 6.36. The molecule has 1 spiro atoms. The van der Waals surface area contributed by atoms with Crippen LogP contribution in [-0.4, -0.2) is 61.7 Å². The largest absolute Gasteiger partial charge is 0.317 e. The molecule has 0 amide bonds. The summed E-state index contributed by atoms with van der Waals surface area (Å²) in [5.74, 6) is 0. The van der Waals surface area contributed by atoms with E-state index in [9.17, 15) is 0 Å². The van der Waals surface area contributed by atoms with Crippen LogP contribution in [0, 0.1) is 5.41 Å². The van der Waals surface area contributed by atoms with Gasteiger partial charge in [0.1, 0.15) is 0 Å². The summed E-state index contributed by atoms with van der Waals surface area (Å²) in [6.45, 7) is 11.5. The van der Waals surface area contributed by atoms with Crippen molar-refractivity contribution in [1.29, 1.82) is 0 Å². The van der Waals surface area contributed by atoms with Gasteiger partial charge in [-0.15, -0.1) is 0 Å². The first-order valence-electron chi connectivity index (χ1n) is 7.48. The van der Waals surface area contributed by atoms with Crippen molar-refractivity contribution in [2.75, 3.05) is 45.8 Å². The average molecular weight is 237 g/mol. The van der Waals surface area contributed by atoms with Crippen molar-refractivity contribution in [3.05, 3.63) is 0 Å². The van der Waals surface area contributed by atoms with Crippen LogP contribution < -0.4 is 5.32 Å². The molecule has 3 rings (SSSR count). The van der Waals surface area contributed by atoms with Gasteiger partial charge < -0.3 is 10.2 Å². The smallest absolute Gasteiger partial charge is 0.0120 e. The lowest BCUT2D eigenvalue weighted by Gasteiger charge is -2.56. The summed E-state index contributed by atoms with van der Waals surface area (Å²) in [4.78, 5) is 5.42. The molecule has 0 unspecified atom stereocenters. The van der Waals surface area contributed by atoms with Crippen molar-refractivity contribution in [3.63, 3.8) is 0 Å². The molecule has 0 bridgehead atoms. The van der Waals surface area contributed by atoms with Crippen LogP contribution in [0.5, 0.6) is 0 Å². The normalized spacial score (nSPS) is 31.6. The van der Waals surface area contributed by atoms with Gasteiger partial charge in [0, 0.05) is 31.1 Å². The highest BCUT2D eigenvalue weighted by Gasteiger charge is 2.45. The quantitative estimate of drug-likeness (QED) is 0.777. The molecular formula is C14H27N3. The minimum absolute atomic E-state index is 0.680. The third-order valence-corrected chi connectivity index (χ3v) is 5.08. The molecule has 3 saturated heterocycles. The van der Waals surface area contributed by atoms with E-state index in [0.717, 1.165) is 6.04 Å². The van der Waals surface area contributed by atoms with Crippen LogP contribution in [0.15, 0.2) is 0 Å². The van der Waals surface area contributed by atoms with Gasteiger partial charge >= 0.3 is 0 Å². The summed E-state index contributed by atoms with van der Waals surface area (Å²) >= 11 is 0. The lowest BCUT2D eigenvalue weighted by molar-refractivity contribution is -0.0646. The predicted molar refractivity (Wildman–Crippen MR) is 71.2 cm³/mol. The maximum atomic E-state index is 3.48. The fourth-order valence-corrected chi connectivity index (χ4v) is 4.11. The van der Waals surface area contributed by atoms with Crippen LogP contribution in [0.2, 0.25) is 0 Å². The number of hydrogen-bond donors (Lipinski definition) is 1. The van der Waals surface area contributed by atoms with Crippen molar-refractivity contribution in [3.8, 4) is 0 Å². The second-order valence-corrected chi connectivity index (χ2v) is 6.36. The summed E-state index contributed by atoms with van der Waals surface area (Å²) in [6.07, 6.45) is 5.65. The Labute approximate surface area is 106 Å². The highest BCUT2D eigenvalue weighted by atomic mass is 15.3. The third kappa shape index (κ3) is 2.38. The molecule has 0 aromatic heterocycles. The predicted octanol–water partition coefficient (Wildman–Crippen LogP) is 1.16. The molecule has 3 heteroatoms. The van der Waals surface area contributed by atoms with E-state index >= 15 is 0 Å². The Morgan fingerprint density at radius 1 is 1.18 bits per heavy atom. The molecule has 1 N–H and O–H groups in total. The topological polar surface area (TPSA) is 18.5 Å². The van der Waals surface area contributed by atoms with E-state index in [1.165, 1.54) is 71.5 Å². The first-order chi connectivity index (χ1) is 8.31. The Bertz CT molecular complexity index is 254. The molecule has 3 nitrogen and oxygen atoms in total. The van der Waals surface area contributed by atoms with Gasteiger partial charge in [-0.3, -0.25) is 4.90 Å². The van der Waals surface area contributed by atoms with E-state index in [2.05, 4.69) is 22.0 Å². The summed E-state index contributed by atoms with van der Waals surface area (Å²) < 4.78 is 0. The van der Waals surface area contributed by atoms with Crippen LogP contribution in [-0.2, 0) is 0 Å². The molecular weight excluding hydrogens is 210 g/mol. The van der Waals surface area contributed by atoms with Crippen LogP contribution >= 0.6 is 0 Å². The number of hydrogen-bond acceptors (Lipinski definition) is 3. The second kappa shape index (κ2) is 4.87. The monoisotopic (exact) mass is 237 g/mol. The molecule has 0 radical (unpaired) electrons. The molecule has 17 heavy (non-hydrogen) atoms. The average Bonchev–Trinajstić information content (AvgIpc) is 2.37. The lowest BCUT2D eigenvalue weighted by atomic mass is 9.73. The van der Waals surface area contributed by atoms with E-state index in [1.807, 2.05) is 0 Å². The van der Waals surface area contributed by atoms with Gasteiger partial charge in [0.2, 0.25) is 0 Å². The third-order valence-electron chi connectivity index (χ3n) is 5.08. The summed E-state index contributed by atoms with van der Waals surface area (Å²) in [5.41, 5.74) is 0.680. The standard InChI is InChI=1S/C14H27N3/c1-2-16-10-14(11-16)6-3-9-17(12-14)13-4-7-15-8-5-13/h13,15H,2-12H2,1H3. The summed E-state index contributed by atoms with van der Waals surface area (Å²) in [6, 6.07) is 0.879. The molecule has 3 aliphatic rings. The molecule has 0 atom stereocenters. The molecule has 0 aromatic carbocycles. The van der Waals surface area contributed by atoms with Gasteiger partial charge in [-0.1, -0.05) is 6.92 Å². The van der Waals surface area contributed by atoms with Crippen LogP contribution in [0.4, 0.5) is 0 Å². The van der Waals surface area contributed by atoms with Gasteiger partial charge in [0.05, 0.1) is 0 Å². The van der Waals surface area contributed by atoms with E-state index in [1.54, 1.807) is 0 Å². The molecule has 98 valence electrons. The summed E-state index contributed by atoms with van der Waals surface area (Å²) in [5, 5.41) is 3.48. The first-order valence-corrected chi connectivity index (χ1v) is 7.48. The van der Waals surface area contributed by atoms with E-state index in [4.69, 9.17) is 0 Å². The number of nitrogens with one attached hydrogen (secondary N) is 1. The minimum Gasteiger partial charge on any atom is -0.317 e. The van der Waals surface area contributed by atoms with Crippen LogP contribution in [0.3, 0.4) is 0 Å². The van der Waals surface area contributed by atoms with Crippen LogP contribution in [0.1, 0.15) is 32.6 Å². The number of rotatable bonds is 2. The van der Waals surface area contributed by atoms with Gasteiger partial charge in [-0.05, 0) is 51.9 Å². The van der Waals surface area contributed by atoms with Crippen molar-refractivity contribution in [2.45, 2.75) is 38.6 Å². The maximum Gasteiger partial charge on any atom is 0.0120 e. The molecule has 0 saturated carbocycles. The van der Waals surface area contributed by atoms with Gasteiger partial charge in [-0.2, -0.15) is 0 Å². The van der Waals surface area contributed by atoms with Crippen molar-refractivity contribution < 1.29 is 0 Å². The van der Waals surface area contributed by atoms with E-state index in [-0.39, 0.29) is 0 Å². The van der Waals surface area contributed by atoms with Gasteiger partial charge in [-0.25, -0.2) is 0 Å². The molecule has 0 aromatic rings. The number of nitrogens with zero attached hydrogens (tertiary/aromatic N) is 2. The van der Waals surface area contributed by atoms with E-state index < -0.39 is 0 Å². The molecule has 3 fully saturated rings. The fraction of sp³-hybridized carbons (Fsp3) is 1.00. The summed E-state index contributed by atoms with van der Waals surface area (Å²) in [7, 11) is 0. The highest BCUT2D eigenvalue weighted by Crippen LogP contribution is 2.39. The Morgan fingerprint density at radius 3 is 2.65 bits per heavy atom. The van der Waals surface area contributed by atoms with Crippen molar-refractivity contribution in [2.24, 2.45) is 5.41 Å². The minimum atomic E-state index is 0.680. The molecule has 3 aliphatic heterocycles. The van der Waals surface area contributed by atoms with E-state index in [0.29, 0.717) is 5.41 Å². The zero-order valence-electron chi connectivity index (χ0n) is 11.2. The number of piperidine rings is 2. The number of likely N-dealkylation sites (tertiary alicyclic amines) is 2. The van der Waals surface area contributed by atoms with Crippen molar-refractivity contribution in [1.82, 2.24) is 15.1 Å². The zero-order chi connectivity index (χ0) is 11.7. The Hall–Kier alpha value is -0.120. The molecule has 3 heterocycles.